The summed E-state index contributed by atoms with van der Waals surface area (Å²) in [5.41, 5.74) is 0. The molecule has 0 aromatic carbocycles. The van der Waals surface area contributed by atoms with E-state index >= 15 is 0 Å². The molecule has 5 saturated heterocycles. The Morgan fingerprint density at radius 1 is 0.929 bits per heavy atom. The van der Waals surface area contributed by atoms with Gasteiger partial charge in [-0.2, -0.15) is 0 Å². The summed E-state index contributed by atoms with van der Waals surface area (Å²) in [4.78, 5) is 32.0. The van der Waals surface area contributed by atoms with Gasteiger partial charge in [-0.3, -0.25) is 14.6 Å². The molecule has 152 valence electrons. The van der Waals surface area contributed by atoms with Gasteiger partial charge in [0.2, 0.25) is 5.91 Å². The maximum atomic E-state index is 13.2. The number of fused-ring (bicyclic) bond motifs is 4. The Hall–Kier alpha value is -1.73. The fraction of sp³-hybridized carbons (Fsp3) is 0.762. The Labute approximate surface area is 167 Å². The number of carbonyl (C=O) groups is 1. The second kappa shape index (κ2) is 7.95. The first-order chi connectivity index (χ1) is 13.8. The predicted octanol–water partition coefficient (Wildman–Crippen LogP) is 1.17. The quantitative estimate of drug-likeness (QED) is 0.780. The van der Waals surface area contributed by atoms with E-state index in [9.17, 15) is 4.79 Å². The lowest BCUT2D eigenvalue weighted by molar-refractivity contribution is -0.139. The summed E-state index contributed by atoms with van der Waals surface area (Å²) in [5, 5.41) is 0. The smallest absolute Gasteiger partial charge is 0.241 e. The lowest BCUT2D eigenvalue weighted by Gasteiger charge is -2.40. The summed E-state index contributed by atoms with van der Waals surface area (Å²) in [5.74, 6) is 2.77. The van der Waals surface area contributed by atoms with Gasteiger partial charge < -0.3 is 9.80 Å². The Kier molecular flexibility index (Phi) is 5.20. The molecule has 0 N–H and O–H groups in total. The van der Waals surface area contributed by atoms with Gasteiger partial charge in [-0.1, -0.05) is 0 Å². The number of amides is 1. The Balaban J connectivity index is 1.21. The van der Waals surface area contributed by atoms with Crippen LogP contribution in [-0.2, 0) is 4.79 Å². The normalized spacial score (nSPS) is 31.2. The van der Waals surface area contributed by atoms with Gasteiger partial charge in [0.15, 0.2) is 0 Å². The van der Waals surface area contributed by atoms with E-state index in [4.69, 9.17) is 4.98 Å². The van der Waals surface area contributed by atoms with Crippen LogP contribution < -0.4 is 4.90 Å². The summed E-state index contributed by atoms with van der Waals surface area (Å²) >= 11 is 0. The Bertz CT molecular complexity index is 694. The molecular weight excluding hydrogens is 352 g/mol. The van der Waals surface area contributed by atoms with Gasteiger partial charge in [-0.15, -0.1) is 0 Å². The van der Waals surface area contributed by atoms with Gasteiger partial charge in [-0.25, -0.2) is 9.97 Å². The van der Waals surface area contributed by atoms with Crippen molar-refractivity contribution in [3.63, 3.8) is 0 Å². The highest BCUT2D eigenvalue weighted by Crippen LogP contribution is 2.28. The molecule has 7 heteroatoms. The average Bonchev–Trinajstić information content (AvgIpc) is 3.11. The van der Waals surface area contributed by atoms with E-state index in [2.05, 4.69) is 24.6 Å². The molecule has 0 radical (unpaired) electrons. The van der Waals surface area contributed by atoms with Crippen LogP contribution in [0.4, 0.5) is 5.82 Å². The van der Waals surface area contributed by atoms with Crippen LogP contribution in [0.1, 0.15) is 43.8 Å². The van der Waals surface area contributed by atoms with Crippen LogP contribution in [0.2, 0.25) is 0 Å². The maximum Gasteiger partial charge on any atom is 0.241 e. The number of piperazine rings is 1. The first-order valence-corrected chi connectivity index (χ1v) is 11.1. The number of hydrogen-bond acceptors (Lipinski definition) is 6. The van der Waals surface area contributed by atoms with E-state index in [1.807, 2.05) is 12.3 Å². The third-order valence-electron chi connectivity index (χ3n) is 7.04. The lowest BCUT2D eigenvalue weighted by Crippen LogP contribution is -2.58. The molecule has 1 amide bonds. The van der Waals surface area contributed by atoms with E-state index in [1.165, 1.54) is 19.3 Å². The summed E-state index contributed by atoms with van der Waals surface area (Å²) in [7, 11) is 0. The number of likely N-dealkylation sites (tertiary alicyclic amines) is 1. The predicted molar refractivity (Wildman–Crippen MR) is 108 cm³/mol. The molecule has 6 rings (SSSR count). The van der Waals surface area contributed by atoms with Crippen molar-refractivity contribution in [3.8, 4) is 0 Å². The average molecular weight is 385 g/mol. The number of nitrogens with zero attached hydrogens (tertiary/aromatic N) is 6. The first-order valence-electron chi connectivity index (χ1n) is 11.1. The van der Waals surface area contributed by atoms with E-state index in [-0.39, 0.29) is 6.04 Å². The fourth-order valence-corrected chi connectivity index (χ4v) is 5.33. The van der Waals surface area contributed by atoms with Crippen molar-refractivity contribution in [3.05, 3.63) is 18.1 Å². The zero-order valence-corrected chi connectivity index (χ0v) is 16.8. The highest BCUT2D eigenvalue weighted by molar-refractivity contribution is 5.82. The number of aromatic nitrogens is 2. The van der Waals surface area contributed by atoms with Gasteiger partial charge in [0.1, 0.15) is 17.7 Å². The molecule has 2 bridgehead atoms. The summed E-state index contributed by atoms with van der Waals surface area (Å²) in [6.45, 7) is 9.20. The molecule has 5 fully saturated rings. The standard InChI is InChI=1S/C21H32N6O/c28-21(18-16-24-8-3-11-25(18)15-14-24)27-12-5-17(6-13-27)20-22-7-4-19(23-20)26-9-1-2-10-26/h4,7,17-18H,1-3,5-6,8-16H2. The number of anilines is 1. The highest BCUT2D eigenvalue weighted by Gasteiger charge is 2.37. The van der Waals surface area contributed by atoms with Gasteiger partial charge in [-0.05, 0) is 44.7 Å². The third-order valence-corrected chi connectivity index (χ3v) is 7.04. The van der Waals surface area contributed by atoms with Crippen molar-refractivity contribution in [2.45, 2.75) is 44.1 Å². The fourth-order valence-electron chi connectivity index (χ4n) is 5.33. The van der Waals surface area contributed by atoms with Crippen LogP contribution in [0.3, 0.4) is 0 Å². The van der Waals surface area contributed by atoms with Gasteiger partial charge >= 0.3 is 0 Å². The Morgan fingerprint density at radius 2 is 1.75 bits per heavy atom. The molecule has 0 saturated carbocycles. The van der Waals surface area contributed by atoms with E-state index in [1.54, 1.807) is 0 Å². The molecule has 0 spiro atoms. The van der Waals surface area contributed by atoms with Crippen molar-refractivity contribution in [2.75, 3.05) is 63.8 Å². The van der Waals surface area contributed by atoms with Crippen molar-refractivity contribution >= 4 is 11.7 Å². The summed E-state index contributed by atoms with van der Waals surface area (Å²) in [6, 6.07) is 2.11. The zero-order chi connectivity index (χ0) is 18.9. The van der Waals surface area contributed by atoms with Crippen molar-refractivity contribution < 1.29 is 4.79 Å². The second-order valence-electron chi connectivity index (χ2n) is 8.77. The summed E-state index contributed by atoms with van der Waals surface area (Å²) < 4.78 is 0. The topological polar surface area (TPSA) is 55.8 Å². The molecule has 1 aromatic rings. The van der Waals surface area contributed by atoms with Crippen LogP contribution in [0.15, 0.2) is 12.3 Å². The molecule has 0 aliphatic carbocycles. The number of hydrogen-bond donors (Lipinski definition) is 0. The molecule has 6 heterocycles. The van der Waals surface area contributed by atoms with E-state index in [0.29, 0.717) is 11.8 Å². The van der Waals surface area contributed by atoms with Crippen LogP contribution in [0.25, 0.3) is 0 Å². The minimum atomic E-state index is 0.0718. The lowest BCUT2D eigenvalue weighted by atomic mass is 9.95. The molecule has 7 nitrogen and oxygen atoms in total. The maximum absolute atomic E-state index is 13.2. The Morgan fingerprint density at radius 3 is 2.57 bits per heavy atom. The molecule has 3 unspecified atom stereocenters. The van der Waals surface area contributed by atoms with Crippen LogP contribution in [0, 0.1) is 0 Å². The van der Waals surface area contributed by atoms with Gasteiger partial charge in [0.05, 0.1) is 0 Å². The number of rotatable bonds is 3. The van der Waals surface area contributed by atoms with Crippen molar-refractivity contribution in [2.24, 2.45) is 0 Å². The number of carbonyl (C=O) groups excluding carboxylic acids is 1. The largest absolute Gasteiger partial charge is 0.357 e. The monoisotopic (exact) mass is 384 g/mol. The van der Waals surface area contributed by atoms with Gasteiger partial charge in [0.25, 0.3) is 0 Å². The van der Waals surface area contributed by atoms with Crippen LogP contribution in [-0.4, -0.2) is 95.5 Å². The molecular formula is C21H32N6O. The first kappa shape index (κ1) is 18.3. The summed E-state index contributed by atoms with van der Waals surface area (Å²) in [6.07, 6.45) is 7.58. The SMILES string of the molecule is O=C(C1CN2CCCN1CC2)N1CCC(c2nccc(N3CCCC3)n2)CC1. The van der Waals surface area contributed by atoms with Crippen molar-refractivity contribution in [1.82, 2.24) is 24.7 Å². The molecule has 3 atom stereocenters. The minimum absolute atomic E-state index is 0.0718. The van der Waals surface area contributed by atoms with E-state index in [0.717, 1.165) is 83.4 Å². The third kappa shape index (κ3) is 3.62. The van der Waals surface area contributed by atoms with Gasteiger partial charge in [0, 0.05) is 64.5 Å². The second-order valence-corrected chi connectivity index (χ2v) is 8.77. The molecule has 1 aromatic heterocycles. The molecule has 5 aliphatic rings. The molecule has 5 aliphatic heterocycles. The van der Waals surface area contributed by atoms with Crippen LogP contribution in [0.5, 0.6) is 0 Å². The highest BCUT2D eigenvalue weighted by atomic mass is 16.2. The van der Waals surface area contributed by atoms with Crippen molar-refractivity contribution in [1.29, 1.82) is 0 Å². The van der Waals surface area contributed by atoms with Crippen LogP contribution >= 0.6 is 0 Å². The number of piperidine rings is 1. The minimum Gasteiger partial charge on any atom is -0.357 e. The molecule has 28 heavy (non-hydrogen) atoms. The van der Waals surface area contributed by atoms with E-state index < -0.39 is 0 Å². The zero-order valence-electron chi connectivity index (χ0n) is 16.8.